The molecule has 2 aromatic carbocycles. The van der Waals surface area contributed by atoms with Gasteiger partial charge in [-0.05, 0) is 31.9 Å². The van der Waals surface area contributed by atoms with Crippen LogP contribution in [0, 0.1) is 0 Å². The van der Waals surface area contributed by atoms with E-state index in [2.05, 4.69) is 16.8 Å². The summed E-state index contributed by atoms with van der Waals surface area (Å²) in [5, 5.41) is 8.55. The Hall–Kier alpha value is -2.48. The highest BCUT2D eigenvalue weighted by Crippen LogP contribution is 2.04. The molecule has 21 heavy (non-hydrogen) atoms. The number of nitrogens with zero attached hydrogens (tertiary/aromatic N) is 2. The normalized spacial score (nSPS) is 11.4. The van der Waals surface area contributed by atoms with Gasteiger partial charge >= 0.3 is 0 Å². The van der Waals surface area contributed by atoms with Crippen LogP contribution >= 0.6 is 0 Å². The molecule has 0 aliphatic rings. The molecule has 0 N–H and O–H groups in total. The van der Waals surface area contributed by atoms with Crippen molar-refractivity contribution in [3.05, 3.63) is 84.4 Å². The van der Waals surface area contributed by atoms with E-state index in [9.17, 15) is 0 Å². The SMILES string of the molecule is C/C(=N\N=C(/C)c1ccccc1)c1ccccc1.C=CC. The summed E-state index contributed by atoms with van der Waals surface area (Å²) < 4.78 is 0. The van der Waals surface area contributed by atoms with Gasteiger partial charge in [0.05, 0.1) is 11.4 Å². The lowest BCUT2D eigenvalue weighted by atomic mass is 10.1. The number of allylic oxidation sites excluding steroid dienone is 1. The van der Waals surface area contributed by atoms with E-state index in [0.29, 0.717) is 0 Å². The first kappa shape index (κ1) is 16.6. The van der Waals surface area contributed by atoms with Crippen LogP contribution in [0.1, 0.15) is 31.9 Å². The predicted molar refractivity (Wildman–Crippen MR) is 93.2 cm³/mol. The van der Waals surface area contributed by atoms with Crippen molar-refractivity contribution < 1.29 is 0 Å². The molecule has 0 amide bonds. The first-order valence-corrected chi connectivity index (χ1v) is 6.95. The van der Waals surface area contributed by atoms with E-state index in [-0.39, 0.29) is 0 Å². The number of hydrogen-bond acceptors (Lipinski definition) is 2. The second-order valence-corrected chi connectivity index (χ2v) is 4.51. The Kier molecular flexibility index (Phi) is 7.44. The topological polar surface area (TPSA) is 24.7 Å². The van der Waals surface area contributed by atoms with Crippen molar-refractivity contribution in [2.45, 2.75) is 20.8 Å². The molecule has 0 aromatic heterocycles. The van der Waals surface area contributed by atoms with Crippen LogP contribution < -0.4 is 0 Å². The second-order valence-electron chi connectivity index (χ2n) is 4.51. The molecule has 0 fully saturated rings. The zero-order valence-corrected chi connectivity index (χ0v) is 13.0. The van der Waals surface area contributed by atoms with Crippen LogP contribution in [0.25, 0.3) is 0 Å². The van der Waals surface area contributed by atoms with Crippen molar-refractivity contribution in [2.75, 3.05) is 0 Å². The Morgan fingerprint density at radius 1 is 0.762 bits per heavy atom. The third-order valence-electron chi connectivity index (χ3n) is 2.73. The molecule has 108 valence electrons. The van der Waals surface area contributed by atoms with E-state index in [1.807, 2.05) is 81.4 Å². The van der Waals surface area contributed by atoms with Crippen molar-refractivity contribution in [1.82, 2.24) is 0 Å². The minimum absolute atomic E-state index is 0.922. The van der Waals surface area contributed by atoms with Crippen molar-refractivity contribution in [3.8, 4) is 0 Å². The molecule has 0 radical (unpaired) electrons. The standard InChI is InChI=1S/C16H16N2.C3H6/c1-13(15-9-5-3-6-10-15)17-18-14(2)16-11-7-4-8-12-16;1-3-2/h3-12H,1-2H3;3H,1H2,2H3/b17-13+,18-14+;. The van der Waals surface area contributed by atoms with Crippen LogP contribution in [0.5, 0.6) is 0 Å². The number of benzene rings is 2. The molecule has 2 aromatic rings. The van der Waals surface area contributed by atoms with Gasteiger partial charge in [-0.15, -0.1) is 6.58 Å². The van der Waals surface area contributed by atoms with Gasteiger partial charge in [0, 0.05) is 0 Å². The molecule has 0 saturated carbocycles. The lowest BCUT2D eigenvalue weighted by Gasteiger charge is -1.99. The van der Waals surface area contributed by atoms with E-state index in [0.717, 1.165) is 22.6 Å². The van der Waals surface area contributed by atoms with Gasteiger partial charge in [-0.2, -0.15) is 10.2 Å². The molecule has 0 atom stereocenters. The van der Waals surface area contributed by atoms with E-state index >= 15 is 0 Å². The monoisotopic (exact) mass is 278 g/mol. The Morgan fingerprint density at radius 2 is 1.05 bits per heavy atom. The third-order valence-corrected chi connectivity index (χ3v) is 2.73. The minimum Gasteiger partial charge on any atom is -0.155 e. The average molecular weight is 278 g/mol. The summed E-state index contributed by atoms with van der Waals surface area (Å²) in [5.74, 6) is 0. The highest BCUT2D eigenvalue weighted by Gasteiger charge is 1.97. The molecule has 0 heterocycles. The molecule has 0 aliphatic carbocycles. The van der Waals surface area contributed by atoms with E-state index in [4.69, 9.17) is 0 Å². The summed E-state index contributed by atoms with van der Waals surface area (Å²) in [7, 11) is 0. The Bertz CT molecular complexity index is 542. The summed E-state index contributed by atoms with van der Waals surface area (Å²) in [6, 6.07) is 20.1. The quantitative estimate of drug-likeness (QED) is 0.423. The molecule has 2 heteroatoms. The van der Waals surface area contributed by atoms with Gasteiger partial charge in [0.15, 0.2) is 0 Å². The van der Waals surface area contributed by atoms with Gasteiger partial charge in [0.25, 0.3) is 0 Å². The molecule has 2 nitrogen and oxygen atoms in total. The summed E-state index contributed by atoms with van der Waals surface area (Å²) in [6.45, 7) is 9.19. The zero-order valence-electron chi connectivity index (χ0n) is 13.0. The summed E-state index contributed by atoms with van der Waals surface area (Å²) in [6.07, 6.45) is 1.75. The van der Waals surface area contributed by atoms with Gasteiger partial charge in [-0.1, -0.05) is 66.7 Å². The van der Waals surface area contributed by atoms with Crippen LogP contribution in [0.2, 0.25) is 0 Å². The molecule has 0 unspecified atom stereocenters. The van der Waals surface area contributed by atoms with E-state index in [1.54, 1.807) is 6.08 Å². The van der Waals surface area contributed by atoms with Crippen LogP contribution in [0.3, 0.4) is 0 Å². The zero-order chi connectivity index (χ0) is 15.5. The van der Waals surface area contributed by atoms with Gasteiger partial charge in [0.2, 0.25) is 0 Å². The molecular weight excluding hydrogens is 256 g/mol. The third kappa shape index (κ3) is 6.00. The molecule has 0 bridgehead atoms. The fourth-order valence-electron chi connectivity index (χ4n) is 1.62. The van der Waals surface area contributed by atoms with Gasteiger partial charge < -0.3 is 0 Å². The maximum atomic E-state index is 4.28. The smallest absolute Gasteiger partial charge is 0.0671 e. The first-order valence-electron chi connectivity index (χ1n) is 6.95. The van der Waals surface area contributed by atoms with E-state index < -0.39 is 0 Å². The fraction of sp³-hybridized carbons (Fsp3) is 0.158. The van der Waals surface area contributed by atoms with Gasteiger partial charge in [0.1, 0.15) is 0 Å². The van der Waals surface area contributed by atoms with Crippen LogP contribution in [-0.2, 0) is 0 Å². The maximum absolute atomic E-state index is 4.28. The Balaban J connectivity index is 0.000000677. The number of hydrogen-bond donors (Lipinski definition) is 0. The first-order chi connectivity index (χ1) is 10.2. The van der Waals surface area contributed by atoms with Crippen molar-refractivity contribution >= 4 is 11.4 Å². The van der Waals surface area contributed by atoms with Crippen LogP contribution in [0.4, 0.5) is 0 Å². The molecule has 0 saturated heterocycles. The molecule has 0 spiro atoms. The Morgan fingerprint density at radius 3 is 1.33 bits per heavy atom. The summed E-state index contributed by atoms with van der Waals surface area (Å²) in [5.41, 5.74) is 4.04. The lowest BCUT2D eigenvalue weighted by Crippen LogP contribution is -1.96. The minimum atomic E-state index is 0.922. The van der Waals surface area contributed by atoms with Gasteiger partial charge in [-0.25, -0.2) is 0 Å². The maximum Gasteiger partial charge on any atom is 0.0671 e. The number of rotatable bonds is 3. The molecule has 2 rings (SSSR count). The molecular formula is C19H22N2. The lowest BCUT2D eigenvalue weighted by molar-refractivity contribution is 1.22. The summed E-state index contributed by atoms with van der Waals surface area (Å²) in [4.78, 5) is 0. The van der Waals surface area contributed by atoms with Crippen LogP contribution in [-0.4, -0.2) is 11.4 Å². The Labute approximate surface area is 127 Å². The highest BCUT2D eigenvalue weighted by molar-refractivity contribution is 6.01. The van der Waals surface area contributed by atoms with Crippen molar-refractivity contribution in [2.24, 2.45) is 10.2 Å². The summed E-state index contributed by atoms with van der Waals surface area (Å²) >= 11 is 0. The van der Waals surface area contributed by atoms with Crippen LogP contribution in [0.15, 0.2) is 83.5 Å². The second kappa shape index (κ2) is 9.43. The predicted octanol–water partition coefficient (Wildman–Crippen LogP) is 5.11. The average Bonchev–Trinajstić information content (AvgIpc) is 2.54. The molecule has 0 aliphatic heterocycles. The van der Waals surface area contributed by atoms with Crippen molar-refractivity contribution in [1.29, 1.82) is 0 Å². The van der Waals surface area contributed by atoms with E-state index in [1.165, 1.54) is 0 Å². The van der Waals surface area contributed by atoms with Gasteiger partial charge in [-0.3, -0.25) is 0 Å². The fourth-order valence-corrected chi connectivity index (χ4v) is 1.62. The van der Waals surface area contributed by atoms with Crippen molar-refractivity contribution in [3.63, 3.8) is 0 Å². The highest BCUT2D eigenvalue weighted by atomic mass is 15.2. The largest absolute Gasteiger partial charge is 0.155 e.